The van der Waals surface area contributed by atoms with Crippen LogP contribution < -0.4 is 23.8 Å². The molecule has 198 valence electrons. The topological polar surface area (TPSA) is 57.2 Å². The largest absolute Gasteiger partial charge is 0.493 e. The van der Waals surface area contributed by atoms with Crippen LogP contribution in [-0.2, 0) is 10.2 Å². The maximum atomic E-state index is 14.7. The van der Waals surface area contributed by atoms with Crippen molar-refractivity contribution in [1.82, 2.24) is 0 Å². The summed E-state index contributed by atoms with van der Waals surface area (Å²) in [6, 6.07) is 14.2. The summed E-state index contributed by atoms with van der Waals surface area (Å²) in [6.45, 7) is 5.67. The Hall–Kier alpha value is -3.74. The average Bonchev–Trinajstić information content (AvgIpc) is 3.60. The van der Waals surface area contributed by atoms with Crippen molar-refractivity contribution in [3.8, 4) is 34.1 Å². The number of amides is 1. The molecule has 1 atom stereocenters. The molecule has 0 aliphatic carbocycles. The Bertz CT molecular complexity index is 1390. The smallest absolute Gasteiger partial charge is 0.245 e. The predicted molar refractivity (Wildman–Crippen MR) is 143 cm³/mol. The lowest BCUT2D eigenvalue weighted by Gasteiger charge is -2.25. The Morgan fingerprint density at radius 2 is 1.74 bits per heavy atom. The summed E-state index contributed by atoms with van der Waals surface area (Å²) in [6.07, 6.45) is 4.86. The molecule has 0 radical (unpaired) electrons. The van der Waals surface area contributed by atoms with E-state index in [-0.39, 0.29) is 25.1 Å². The summed E-state index contributed by atoms with van der Waals surface area (Å²) < 4.78 is 38.3. The molecule has 0 bridgehead atoms. The SMILES string of the molecule is CCCCCN1C(=O)C2(COc3cc4c(cc32)OCO4)c2c(-c3cc(F)ccc3OCCCC)cccc21. The van der Waals surface area contributed by atoms with Crippen molar-refractivity contribution in [2.24, 2.45) is 0 Å². The summed E-state index contributed by atoms with van der Waals surface area (Å²) in [5.74, 6) is 2.03. The van der Waals surface area contributed by atoms with Gasteiger partial charge in [-0.1, -0.05) is 45.2 Å². The van der Waals surface area contributed by atoms with Gasteiger partial charge in [0.05, 0.1) is 6.61 Å². The van der Waals surface area contributed by atoms with Crippen LogP contribution in [0, 0.1) is 5.82 Å². The van der Waals surface area contributed by atoms with Gasteiger partial charge in [0.1, 0.15) is 29.3 Å². The highest BCUT2D eigenvalue weighted by Crippen LogP contribution is 2.58. The van der Waals surface area contributed by atoms with Crippen LogP contribution in [0.3, 0.4) is 0 Å². The molecule has 0 N–H and O–H groups in total. The van der Waals surface area contributed by atoms with Gasteiger partial charge in [-0.2, -0.15) is 0 Å². The third-order valence-electron chi connectivity index (χ3n) is 7.72. The number of ether oxygens (including phenoxy) is 4. The van der Waals surface area contributed by atoms with Crippen LogP contribution in [0.25, 0.3) is 11.1 Å². The fourth-order valence-electron chi connectivity index (χ4n) is 5.82. The van der Waals surface area contributed by atoms with Crippen molar-refractivity contribution in [2.75, 3.05) is 31.5 Å². The van der Waals surface area contributed by atoms with Gasteiger partial charge in [-0.15, -0.1) is 0 Å². The molecule has 3 aliphatic heterocycles. The van der Waals surface area contributed by atoms with Crippen LogP contribution in [-0.4, -0.2) is 32.5 Å². The summed E-state index contributed by atoms with van der Waals surface area (Å²) in [5.41, 5.74) is 2.74. The van der Waals surface area contributed by atoms with Gasteiger partial charge < -0.3 is 23.8 Å². The Kier molecular flexibility index (Phi) is 6.38. The lowest BCUT2D eigenvalue weighted by molar-refractivity contribution is -0.122. The zero-order valence-electron chi connectivity index (χ0n) is 21.8. The van der Waals surface area contributed by atoms with E-state index in [0.717, 1.165) is 54.5 Å². The first kappa shape index (κ1) is 24.6. The van der Waals surface area contributed by atoms with Crippen LogP contribution in [0.5, 0.6) is 23.0 Å². The van der Waals surface area contributed by atoms with Gasteiger partial charge in [0, 0.05) is 35.0 Å². The Morgan fingerprint density at radius 3 is 2.55 bits per heavy atom. The predicted octanol–water partition coefficient (Wildman–Crippen LogP) is 6.62. The lowest BCUT2D eigenvalue weighted by atomic mass is 9.74. The van der Waals surface area contributed by atoms with Crippen LogP contribution in [0.4, 0.5) is 10.1 Å². The van der Waals surface area contributed by atoms with Gasteiger partial charge in [-0.25, -0.2) is 4.39 Å². The maximum absolute atomic E-state index is 14.7. The van der Waals surface area contributed by atoms with E-state index in [1.807, 2.05) is 35.2 Å². The third-order valence-corrected chi connectivity index (χ3v) is 7.72. The van der Waals surface area contributed by atoms with Crippen molar-refractivity contribution in [3.05, 3.63) is 65.5 Å². The minimum Gasteiger partial charge on any atom is -0.493 e. The van der Waals surface area contributed by atoms with E-state index in [9.17, 15) is 9.18 Å². The van der Waals surface area contributed by atoms with E-state index in [0.29, 0.717) is 41.7 Å². The Balaban J connectivity index is 1.56. The summed E-state index contributed by atoms with van der Waals surface area (Å²) in [5, 5.41) is 0. The molecule has 7 heteroatoms. The molecular weight excluding hydrogens is 485 g/mol. The maximum Gasteiger partial charge on any atom is 0.245 e. The molecule has 0 aromatic heterocycles. The van der Waals surface area contributed by atoms with Gasteiger partial charge in [0.2, 0.25) is 12.7 Å². The minimum absolute atomic E-state index is 0.0291. The Morgan fingerprint density at radius 1 is 0.921 bits per heavy atom. The number of fused-ring (bicyclic) bond motifs is 5. The second-order valence-corrected chi connectivity index (χ2v) is 10.1. The normalized spacial score (nSPS) is 18.6. The quantitative estimate of drug-likeness (QED) is 0.299. The summed E-state index contributed by atoms with van der Waals surface area (Å²) in [7, 11) is 0. The van der Waals surface area contributed by atoms with Crippen molar-refractivity contribution in [1.29, 1.82) is 0 Å². The molecule has 0 saturated carbocycles. The minimum atomic E-state index is -1.08. The number of unbranched alkanes of at least 4 members (excludes halogenated alkanes) is 3. The van der Waals surface area contributed by atoms with Gasteiger partial charge in [0.15, 0.2) is 11.5 Å². The highest BCUT2D eigenvalue weighted by atomic mass is 19.1. The van der Waals surface area contributed by atoms with Crippen molar-refractivity contribution in [3.63, 3.8) is 0 Å². The molecule has 1 unspecified atom stereocenters. The van der Waals surface area contributed by atoms with Crippen molar-refractivity contribution >= 4 is 11.6 Å². The van der Waals surface area contributed by atoms with E-state index < -0.39 is 5.41 Å². The number of benzene rings is 3. The molecule has 1 spiro atoms. The monoisotopic (exact) mass is 517 g/mol. The number of carbonyl (C=O) groups excluding carboxylic acids is 1. The van der Waals surface area contributed by atoms with E-state index in [1.54, 1.807) is 6.07 Å². The molecule has 1 amide bonds. The molecule has 3 aromatic rings. The second-order valence-electron chi connectivity index (χ2n) is 10.1. The number of halogens is 1. The summed E-state index contributed by atoms with van der Waals surface area (Å²) in [4.78, 5) is 16.3. The fraction of sp³-hybridized carbons (Fsp3) is 0.387. The molecule has 3 aromatic carbocycles. The van der Waals surface area contributed by atoms with Gasteiger partial charge in [-0.3, -0.25) is 4.79 Å². The van der Waals surface area contributed by atoms with E-state index in [1.165, 1.54) is 12.1 Å². The highest BCUT2D eigenvalue weighted by molar-refractivity contribution is 6.13. The Labute approximate surface area is 222 Å². The van der Waals surface area contributed by atoms with Gasteiger partial charge in [-0.05, 0) is 48.7 Å². The first-order valence-electron chi connectivity index (χ1n) is 13.5. The molecule has 0 saturated heterocycles. The third kappa shape index (κ3) is 3.79. The number of rotatable bonds is 9. The number of anilines is 1. The average molecular weight is 518 g/mol. The molecule has 6 nitrogen and oxygen atoms in total. The molecule has 0 fully saturated rings. The van der Waals surface area contributed by atoms with E-state index in [4.69, 9.17) is 18.9 Å². The van der Waals surface area contributed by atoms with Crippen LogP contribution >= 0.6 is 0 Å². The zero-order chi connectivity index (χ0) is 26.3. The standard InChI is InChI=1S/C31H32FNO5/c1-3-5-7-13-33-24-10-8-9-21(22-15-20(32)11-12-25(22)35-14-6-4-2)29(24)31(30(33)34)18-36-26-17-28-27(16-23(26)31)37-19-38-28/h8-12,15-17H,3-7,13-14,18-19H2,1-2H3. The van der Waals surface area contributed by atoms with E-state index >= 15 is 0 Å². The number of nitrogens with zero attached hydrogens (tertiary/aromatic N) is 1. The van der Waals surface area contributed by atoms with Crippen molar-refractivity contribution in [2.45, 2.75) is 51.4 Å². The molecule has 3 aliphatic rings. The van der Waals surface area contributed by atoms with Gasteiger partial charge >= 0.3 is 0 Å². The first-order chi connectivity index (χ1) is 18.6. The second kappa shape index (κ2) is 9.86. The first-order valence-corrected chi connectivity index (χ1v) is 13.5. The van der Waals surface area contributed by atoms with Crippen LogP contribution in [0.1, 0.15) is 57.1 Å². The number of hydrogen-bond donors (Lipinski definition) is 0. The molecule has 3 heterocycles. The number of hydrogen-bond acceptors (Lipinski definition) is 5. The summed E-state index contributed by atoms with van der Waals surface area (Å²) >= 11 is 0. The van der Waals surface area contributed by atoms with Crippen LogP contribution in [0.15, 0.2) is 48.5 Å². The molecule has 38 heavy (non-hydrogen) atoms. The van der Waals surface area contributed by atoms with Crippen molar-refractivity contribution < 1.29 is 28.1 Å². The van der Waals surface area contributed by atoms with E-state index in [2.05, 4.69) is 13.8 Å². The lowest BCUT2D eigenvalue weighted by Crippen LogP contribution is -2.43. The highest BCUT2D eigenvalue weighted by Gasteiger charge is 2.58. The number of carbonyl (C=O) groups is 1. The molecule has 6 rings (SSSR count). The van der Waals surface area contributed by atoms with Crippen LogP contribution in [0.2, 0.25) is 0 Å². The van der Waals surface area contributed by atoms with Gasteiger partial charge in [0.25, 0.3) is 0 Å². The molecular formula is C31H32FNO5. The fourth-order valence-corrected chi connectivity index (χ4v) is 5.82. The zero-order valence-corrected chi connectivity index (χ0v) is 21.8.